The van der Waals surface area contributed by atoms with E-state index in [4.69, 9.17) is 4.74 Å². The van der Waals surface area contributed by atoms with Crippen LogP contribution in [0, 0.1) is 29.6 Å². The van der Waals surface area contributed by atoms with Gasteiger partial charge in [-0.05, 0) is 67.2 Å². The lowest BCUT2D eigenvalue weighted by Crippen LogP contribution is -2.31. The zero-order chi connectivity index (χ0) is 16.0. The molecule has 1 aromatic rings. The van der Waals surface area contributed by atoms with Crippen molar-refractivity contribution in [2.75, 3.05) is 0 Å². The maximum atomic E-state index is 12.6. The van der Waals surface area contributed by atoms with Gasteiger partial charge in [0, 0.05) is 9.79 Å². The monoisotopic (exact) mass is 336 g/mol. The fourth-order valence-electron chi connectivity index (χ4n) is 4.39. The van der Waals surface area contributed by atoms with E-state index in [2.05, 4.69) is 39.1 Å². The molecule has 3 rings (SSSR count). The van der Waals surface area contributed by atoms with Gasteiger partial charge in [-0.25, -0.2) is 0 Å². The molecule has 2 aliphatic rings. The van der Waals surface area contributed by atoms with Gasteiger partial charge < -0.3 is 4.74 Å². The van der Waals surface area contributed by atoms with Gasteiger partial charge >= 0.3 is 5.97 Å². The summed E-state index contributed by atoms with van der Waals surface area (Å²) in [6, 6.07) is 5.75. The van der Waals surface area contributed by atoms with Gasteiger partial charge in [-0.1, -0.05) is 13.8 Å². The van der Waals surface area contributed by atoms with Gasteiger partial charge in [-0.15, -0.1) is 25.3 Å². The molecule has 2 saturated carbocycles. The van der Waals surface area contributed by atoms with Crippen molar-refractivity contribution in [3.05, 3.63) is 23.8 Å². The van der Waals surface area contributed by atoms with Crippen molar-refractivity contribution in [1.29, 1.82) is 0 Å². The third kappa shape index (κ3) is 2.92. The Morgan fingerprint density at radius 1 is 1.14 bits per heavy atom. The van der Waals surface area contributed by atoms with Crippen LogP contribution < -0.4 is 0 Å². The third-order valence-corrected chi connectivity index (χ3v) is 6.40. The van der Waals surface area contributed by atoms with E-state index in [1.807, 2.05) is 25.1 Å². The van der Waals surface area contributed by atoms with Crippen molar-refractivity contribution in [3.63, 3.8) is 0 Å². The Labute approximate surface area is 143 Å². The molecular weight excluding hydrogens is 312 g/mol. The Kier molecular flexibility index (Phi) is 4.52. The summed E-state index contributed by atoms with van der Waals surface area (Å²) < 4.78 is 5.76. The zero-order valence-corrected chi connectivity index (χ0v) is 15.1. The molecular formula is C18H24O2S2. The van der Waals surface area contributed by atoms with Crippen LogP contribution in [0.3, 0.4) is 0 Å². The Morgan fingerprint density at radius 2 is 1.77 bits per heavy atom. The highest BCUT2D eigenvalue weighted by Crippen LogP contribution is 2.55. The van der Waals surface area contributed by atoms with E-state index in [9.17, 15) is 4.79 Å². The lowest BCUT2D eigenvalue weighted by molar-refractivity contribution is -0.156. The summed E-state index contributed by atoms with van der Waals surface area (Å²) in [5.41, 5.74) is 0.954. The van der Waals surface area contributed by atoms with Gasteiger partial charge in [0.05, 0.1) is 5.92 Å². The number of benzene rings is 1. The molecule has 0 amide bonds. The first kappa shape index (κ1) is 16.3. The number of esters is 1. The molecule has 6 unspecified atom stereocenters. The molecule has 4 heteroatoms. The highest BCUT2D eigenvalue weighted by atomic mass is 32.1. The van der Waals surface area contributed by atoms with Gasteiger partial charge in [-0.3, -0.25) is 4.79 Å². The normalized spacial score (nSPS) is 34.7. The minimum absolute atomic E-state index is 0.0240. The molecule has 1 aromatic carbocycles. The number of ether oxygens (including phenoxy) is 1. The van der Waals surface area contributed by atoms with Crippen LogP contribution in [0.2, 0.25) is 0 Å². The molecule has 0 radical (unpaired) electrons. The van der Waals surface area contributed by atoms with Crippen LogP contribution in [0.25, 0.3) is 0 Å². The number of carbonyl (C=O) groups excluding carboxylic acids is 1. The number of thiol groups is 2. The van der Waals surface area contributed by atoms with Crippen molar-refractivity contribution in [3.8, 4) is 0 Å². The summed E-state index contributed by atoms with van der Waals surface area (Å²) in [6.45, 7) is 6.54. The van der Waals surface area contributed by atoms with Crippen LogP contribution in [-0.2, 0) is 9.53 Å². The summed E-state index contributed by atoms with van der Waals surface area (Å²) >= 11 is 8.73. The summed E-state index contributed by atoms with van der Waals surface area (Å²) in [5.74, 6) is 2.67. The molecule has 120 valence electrons. The zero-order valence-electron chi connectivity index (χ0n) is 13.3. The highest BCUT2D eigenvalue weighted by Gasteiger charge is 2.51. The van der Waals surface area contributed by atoms with Crippen LogP contribution in [0.4, 0.5) is 0 Å². The molecule has 0 aliphatic heterocycles. The second-order valence-corrected chi connectivity index (χ2v) is 8.11. The summed E-state index contributed by atoms with van der Waals surface area (Å²) in [7, 11) is 0. The first-order valence-corrected chi connectivity index (χ1v) is 8.99. The molecule has 2 aliphatic carbocycles. The van der Waals surface area contributed by atoms with Gasteiger partial charge in [0.25, 0.3) is 0 Å². The minimum atomic E-state index is -0.252. The first-order chi connectivity index (χ1) is 10.4. The summed E-state index contributed by atoms with van der Waals surface area (Å²) in [5, 5.41) is 0. The molecule has 0 saturated heterocycles. The van der Waals surface area contributed by atoms with Crippen molar-refractivity contribution in [2.45, 2.75) is 49.5 Å². The second-order valence-electron chi connectivity index (χ2n) is 7.08. The third-order valence-electron chi connectivity index (χ3n) is 5.89. The maximum Gasteiger partial charge on any atom is 0.309 e. The quantitative estimate of drug-likeness (QED) is 0.613. The second kappa shape index (κ2) is 6.12. The van der Waals surface area contributed by atoms with Crippen LogP contribution in [0.5, 0.6) is 0 Å². The molecule has 0 aromatic heterocycles. The SMILES string of the molecule is CC(OC(=O)C1CC2CC1C(C)C2C)c1cc(S)cc(S)c1. The Morgan fingerprint density at radius 3 is 2.32 bits per heavy atom. The van der Waals surface area contributed by atoms with Crippen LogP contribution in [0.1, 0.15) is 45.3 Å². The Balaban J connectivity index is 1.67. The van der Waals surface area contributed by atoms with E-state index in [1.165, 1.54) is 6.42 Å². The van der Waals surface area contributed by atoms with E-state index >= 15 is 0 Å². The van der Waals surface area contributed by atoms with Gasteiger partial charge in [0.1, 0.15) is 6.10 Å². The fourth-order valence-corrected chi connectivity index (χ4v) is 5.07. The number of hydrogen-bond acceptors (Lipinski definition) is 4. The smallest absolute Gasteiger partial charge is 0.309 e. The standard InChI is InChI=1S/C18H24O2S2/c1-9-10(2)16-6-12(9)7-17(16)18(19)20-11(3)13-4-14(21)8-15(22)5-13/h4-5,8-12,16-17,21-22H,6-7H2,1-3H3. The number of carbonyl (C=O) groups is 1. The number of hydrogen-bond donors (Lipinski definition) is 2. The molecule has 2 bridgehead atoms. The molecule has 0 spiro atoms. The van der Waals surface area contributed by atoms with Crippen molar-refractivity contribution < 1.29 is 9.53 Å². The lowest BCUT2D eigenvalue weighted by Gasteiger charge is -2.31. The van der Waals surface area contributed by atoms with E-state index in [1.54, 1.807) is 0 Å². The molecule has 6 atom stereocenters. The van der Waals surface area contributed by atoms with Gasteiger partial charge in [0.2, 0.25) is 0 Å². The Bertz CT molecular complexity index is 564. The van der Waals surface area contributed by atoms with Crippen molar-refractivity contribution in [1.82, 2.24) is 0 Å². The minimum Gasteiger partial charge on any atom is -0.458 e. The average Bonchev–Trinajstić information content (AvgIpc) is 2.99. The summed E-state index contributed by atoms with van der Waals surface area (Å²) in [4.78, 5) is 14.3. The van der Waals surface area contributed by atoms with E-state index in [0.717, 1.165) is 27.7 Å². The maximum absolute atomic E-state index is 12.6. The summed E-state index contributed by atoms with van der Waals surface area (Å²) in [6.07, 6.45) is 1.95. The molecule has 2 nitrogen and oxygen atoms in total. The molecule has 0 N–H and O–H groups in total. The Hall–Kier alpha value is -0.610. The van der Waals surface area contributed by atoms with Gasteiger partial charge in [-0.2, -0.15) is 0 Å². The molecule has 0 heterocycles. The van der Waals surface area contributed by atoms with E-state index in [-0.39, 0.29) is 18.0 Å². The predicted molar refractivity (Wildman–Crippen MR) is 93.5 cm³/mol. The largest absolute Gasteiger partial charge is 0.458 e. The number of fused-ring (bicyclic) bond motifs is 2. The van der Waals surface area contributed by atoms with Crippen molar-refractivity contribution in [2.24, 2.45) is 29.6 Å². The van der Waals surface area contributed by atoms with Crippen LogP contribution in [0.15, 0.2) is 28.0 Å². The van der Waals surface area contributed by atoms with Crippen LogP contribution in [-0.4, -0.2) is 5.97 Å². The molecule has 2 fully saturated rings. The average molecular weight is 337 g/mol. The van der Waals surface area contributed by atoms with E-state index in [0.29, 0.717) is 17.8 Å². The number of rotatable bonds is 3. The van der Waals surface area contributed by atoms with Crippen molar-refractivity contribution >= 4 is 31.2 Å². The van der Waals surface area contributed by atoms with E-state index < -0.39 is 0 Å². The topological polar surface area (TPSA) is 26.3 Å². The fraction of sp³-hybridized carbons (Fsp3) is 0.611. The molecule has 22 heavy (non-hydrogen) atoms. The lowest BCUT2D eigenvalue weighted by atomic mass is 9.76. The predicted octanol–water partition coefficient (Wildman–Crippen LogP) is 4.80. The van der Waals surface area contributed by atoms with Gasteiger partial charge in [0.15, 0.2) is 0 Å². The van der Waals surface area contributed by atoms with Crippen LogP contribution >= 0.6 is 25.3 Å². The first-order valence-electron chi connectivity index (χ1n) is 8.10. The highest BCUT2D eigenvalue weighted by molar-refractivity contribution is 7.81.